The molecular weight excluding hydrogens is 1010 g/mol. The smallest absolute Gasteiger partial charge is 0.351 e. The third-order valence-electron chi connectivity index (χ3n) is 16.8. The van der Waals surface area contributed by atoms with Gasteiger partial charge in [-0.2, -0.15) is 13.2 Å². The number of benzene rings is 2. The largest absolute Gasteiger partial charge is 0.471 e. The topological polar surface area (TPSA) is 224 Å². The number of amidine groups is 2. The highest BCUT2D eigenvalue weighted by molar-refractivity contribution is 7.89. The van der Waals surface area contributed by atoms with E-state index in [2.05, 4.69) is 24.5 Å². The number of nitrogens with two attached hydrogens (primary N) is 1. The van der Waals surface area contributed by atoms with Crippen molar-refractivity contribution >= 4 is 66.8 Å². The molecule has 4 N–H and O–H groups in total. The molecule has 0 radical (unpaired) electrons. The number of nitrogens with one attached hydrogen (secondary N) is 2. The molecule has 4 atom stereocenters. The van der Waals surface area contributed by atoms with E-state index in [0.717, 1.165) is 79.5 Å². The lowest BCUT2D eigenvalue weighted by atomic mass is 9.82. The molecule has 4 unspecified atom stereocenters. The Balaban J connectivity index is 0.000000219. The number of aryl methyl sites for hydroxylation is 4. The molecule has 2 aromatic rings. The minimum atomic E-state index is -4.99. The Kier molecular flexibility index (Phi) is 17.4. The van der Waals surface area contributed by atoms with Gasteiger partial charge in [0.15, 0.2) is 0 Å². The molecule has 75 heavy (non-hydrogen) atoms. The van der Waals surface area contributed by atoms with Crippen molar-refractivity contribution in [2.75, 3.05) is 61.6 Å². The highest BCUT2D eigenvalue weighted by Crippen LogP contribution is 2.39. The van der Waals surface area contributed by atoms with Crippen LogP contribution in [0.2, 0.25) is 0 Å². The lowest BCUT2D eigenvalue weighted by molar-refractivity contribution is -0.170. The maximum Gasteiger partial charge on any atom is 0.471 e. The molecule has 22 heteroatoms. The maximum absolute atomic E-state index is 13.2. The van der Waals surface area contributed by atoms with Gasteiger partial charge in [-0.25, -0.2) is 30.2 Å². The van der Waals surface area contributed by atoms with Crippen LogP contribution in [0.3, 0.4) is 0 Å². The van der Waals surface area contributed by atoms with Gasteiger partial charge in [0.2, 0.25) is 20.0 Å². The monoisotopic (exact) mass is 1090 g/mol. The summed E-state index contributed by atoms with van der Waals surface area (Å²) < 4.78 is 94.2. The molecule has 4 fully saturated rings. The molecule has 5 amide bonds. The molecule has 2 aliphatic carbocycles. The first-order valence-electron chi connectivity index (χ1n) is 26.4. The summed E-state index contributed by atoms with van der Waals surface area (Å²) in [6, 6.07) is 6.08. The van der Waals surface area contributed by atoms with Gasteiger partial charge in [0, 0.05) is 63.5 Å². The molecule has 8 rings (SSSR count). The van der Waals surface area contributed by atoms with E-state index in [1.165, 1.54) is 38.5 Å². The number of anilines is 2. The second-order valence-corrected chi connectivity index (χ2v) is 26.4. The van der Waals surface area contributed by atoms with E-state index in [1.54, 1.807) is 20.9 Å². The number of sulfonamides is 2. The van der Waals surface area contributed by atoms with E-state index in [4.69, 9.17) is 15.7 Å². The van der Waals surface area contributed by atoms with Crippen LogP contribution in [-0.2, 0) is 47.3 Å². The normalized spacial score (nSPS) is 24.2. The van der Waals surface area contributed by atoms with Gasteiger partial charge in [-0.05, 0) is 161 Å². The fraction of sp³-hybridized carbons (Fsp3) is 0.660. The summed E-state index contributed by atoms with van der Waals surface area (Å²) in [6.45, 7) is 12.7. The van der Waals surface area contributed by atoms with Crippen LogP contribution in [0.4, 0.5) is 29.3 Å². The zero-order valence-electron chi connectivity index (χ0n) is 44.7. The van der Waals surface area contributed by atoms with Crippen molar-refractivity contribution in [2.45, 2.75) is 149 Å². The molecule has 4 heterocycles. The fourth-order valence-electron chi connectivity index (χ4n) is 12.1. The SMILES string of the molecule is Cc1cc(N(C)C(=O)C(F)(F)F)cc(C)c1CCS(=O)(=O)N1CCC2(CC1)N=C(C1CCCC(C)C1)NC2=O.Cc1cc(N(C)C(N)=O)cc(C)c1CCS(=O)(=O)N1CCC2(CC1)N=C(C1CCCC(C)C1)NC2=O. The van der Waals surface area contributed by atoms with Crippen molar-refractivity contribution in [3.05, 3.63) is 57.6 Å². The zero-order chi connectivity index (χ0) is 55.0. The van der Waals surface area contributed by atoms with E-state index >= 15 is 0 Å². The second kappa shape index (κ2) is 22.6. The number of halogens is 3. The molecule has 2 aromatic carbocycles. The van der Waals surface area contributed by atoms with E-state index in [-0.39, 0.29) is 54.4 Å². The van der Waals surface area contributed by atoms with E-state index < -0.39 is 49.2 Å². The number of piperidine rings is 2. The summed E-state index contributed by atoms with van der Waals surface area (Å²) in [5.41, 5.74) is 9.18. The number of alkyl halides is 3. The van der Waals surface area contributed by atoms with Crippen molar-refractivity contribution in [3.63, 3.8) is 0 Å². The molecule has 6 aliphatic rings. The molecule has 2 saturated heterocycles. The average molecular weight is 1090 g/mol. The molecule has 0 aromatic heterocycles. The molecule has 2 saturated carbocycles. The Labute approximate surface area is 440 Å². The Morgan fingerprint density at radius 2 is 1.00 bits per heavy atom. The van der Waals surface area contributed by atoms with Crippen molar-refractivity contribution in [2.24, 2.45) is 39.4 Å². The van der Waals surface area contributed by atoms with Crippen molar-refractivity contribution in [1.82, 2.24) is 19.2 Å². The average Bonchev–Trinajstić information content (AvgIpc) is 3.84. The summed E-state index contributed by atoms with van der Waals surface area (Å²) in [7, 11) is -4.46. The van der Waals surface area contributed by atoms with Crippen LogP contribution in [-0.4, -0.2) is 130 Å². The van der Waals surface area contributed by atoms with Crippen LogP contribution >= 0.6 is 0 Å². The number of carbonyl (C=O) groups excluding carboxylic acids is 4. The first kappa shape index (κ1) is 57.8. The summed E-state index contributed by atoms with van der Waals surface area (Å²) in [5, 5.41) is 6.05. The van der Waals surface area contributed by atoms with E-state index in [9.17, 15) is 49.2 Å². The second-order valence-electron chi connectivity index (χ2n) is 22.2. The minimum Gasteiger partial charge on any atom is -0.351 e. The van der Waals surface area contributed by atoms with Crippen molar-refractivity contribution < 1.29 is 49.2 Å². The van der Waals surface area contributed by atoms with Crippen molar-refractivity contribution in [3.8, 4) is 0 Å². The summed E-state index contributed by atoms with van der Waals surface area (Å²) in [4.78, 5) is 60.6. The number of primary amides is 1. The van der Waals surface area contributed by atoms with Gasteiger partial charge in [-0.1, -0.05) is 39.5 Å². The van der Waals surface area contributed by atoms with Crippen LogP contribution in [0, 0.1) is 51.4 Å². The Hall–Kier alpha value is -4.93. The number of amides is 5. The summed E-state index contributed by atoms with van der Waals surface area (Å²) >= 11 is 0. The van der Waals surface area contributed by atoms with Gasteiger partial charge < -0.3 is 21.3 Å². The van der Waals surface area contributed by atoms with E-state index in [1.807, 2.05) is 26.0 Å². The van der Waals surface area contributed by atoms with E-state index in [0.29, 0.717) is 84.7 Å². The molecule has 2 spiro atoms. The quantitative estimate of drug-likeness (QED) is 0.205. The predicted molar refractivity (Wildman–Crippen MR) is 285 cm³/mol. The van der Waals surface area contributed by atoms with Gasteiger partial charge in [-0.15, -0.1) is 0 Å². The zero-order valence-corrected chi connectivity index (χ0v) is 46.4. The third-order valence-corrected chi connectivity index (χ3v) is 20.5. The molecular formula is C53H76F3N9O8S2. The number of hydrogen-bond acceptors (Lipinski definition) is 10. The minimum absolute atomic E-state index is 0.00659. The standard InChI is InChI=1S/C27H37F3N4O4S.C26H39N5O4S/c1-17-6-5-7-20(14-17)23-31-24(35)26(32-23)9-11-34(12-10-26)39(37,38)13-8-22-18(2)15-21(16-19(22)3)33(4)25(36)27(28,29)30;1-17-6-5-7-20(14-17)23-28-24(32)26(29-23)9-11-31(12-10-26)36(34,35)13-8-22-18(2)15-21(16-19(22)3)30(4)25(27)33/h15-17,20H,5-14H2,1-4H3,(H,31,32,35);15-17,20H,5-14H2,1-4H3,(H2,27,33)(H,28,29,32). The first-order valence-corrected chi connectivity index (χ1v) is 29.6. The van der Waals surface area contributed by atoms with Crippen LogP contribution in [0.15, 0.2) is 34.3 Å². The Morgan fingerprint density at radius 1 is 0.653 bits per heavy atom. The van der Waals surface area contributed by atoms with Crippen LogP contribution in [0.5, 0.6) is 0 Å². The molecule has 414 valence electrons. The number of rotatable bonds is 12. The maximum atomic E-state index is 13.2. The lowest BCUT2D eigenvalue weighted by Crippen LogP contribution is -2.51. The highest BCUT2D eigenvalue weighted by atomic mass is 32.2. The van der Waals surface area contributed by atoms with Crippen LogP contribution in [0.1, 0.15) is 124 Å². The summed E-state index contributed by atoms with van der Waals surface area (Å²) in [5.74, 6) is 1.03. The third kappa shape index (κ3) is 12.9. The molecule has 4 aliphatic heterocycles. The highest BCUT2D eigenvalue weighted by Gasteiger charge is 2.50. The predicted octanol–water partition coefficient (Wildman–Crippen LogP) is 6.77. The van der Waals surface area contributed by atoms with Gasteiger partial charge >= 0.3 is 18.1 Å². The molecule has 0 bridgehead atoms. The molecule has 17 nitrogen and oxygen atoms in total. The Morgan fingerprint density at radius 3 is 1.32 bits per heavy atom. The number of hydrogen-bond donors (Lipinski definition) is 3. The van der Waals surface area contributed by atoms with Gasteiger partial charge in [0.05, 0.1) is 11.5 Å². The number of carbonyl (C=O) groups is 4. The van der Waals surface area contributed by atoms with Crippen LogP contribution in [0.25, 0.3) is 0 Å². The van der Waals surface area contributed by atoms with Gasteiger partial charge in [0.1, 0.15) is 22.7 Å². The lowest BCUT2D eigenvalue weighted by Gasteiger charge is -2.35. The fourth-order valence-corrected chi connectivity index (χ4v) is 15.0. The number of nitrogens with zero attached hydrogens (tertiary/aromatic N) is 6. The number of aliphatic imine (C=N–C) groups is 2. The number of urea groups is 1. The van der Waals surface area contributed by atoms with Crippen LogP contribution < -0.4 is 26.2 Å². The first-order chi connectivity index (χ1) is 35.0. The van der Waals surface area contributed by atoms with Crippen molar-refractivity contribution in [1.29, 1.82) is 0 Å². The van der Waals surface area contributed by atoms with Gasteiger partial charge in [-0.3, -0.25) is 29.3 Å². The summed E-state index contributed by atoms with van der Waals surface area (Å²) in [6.07, 6.45) is 5.86. The Bertz CT molecular complexity index is 2780. The van der Waals surface area contributed by atoms with Gasteiger partial charge in [0.25, 0.3) is 11.8 Å².